The number of halogens is 15. The van der Waals surface area contributed by atoms with Crippen molar-refractivity contribution in [3.63, 3.8) is 0 Å². The Morgan fingerprint density at radius 3 is 1.66 bits per heavy atom. The highest BCUT2D eigenvalue weighted by molar-refractivity contribution is 6.31. The lowest BCUT2D eigenvalue weighted by Gasteiger charge is -2.39. The largest absolute Gasteiger partial charge is 0.460 e. The lowest BCUT2D eigenvalue weighted by molar-refractivity contribution is -0.696. The van der Waals surface area contributed by atoms with Crippen molar-refractivity contribution in [2.75, 3.05) is 0 Å². The third-order valence-electron chi connectivity index (χ3n) is 7.81. The monoisotopic (exact) mass is 725 g/mol. The Morgan fingerprint density at radius 2 is 1.17 bits per heavy atom. The summed E-state index contributed by atoms with van der Waals surface area (Å²) < 4.78 is 190. The number of nitrogens with zero attached hydrogens (tertiary/aromatic N) is 2. The fourth-order valence-electron chi connectivity index (χ4n) is 5.14. The summed E-state index contributed by atoms with van der Waals surface area (Å²) in [4.78, 5) is 0. The Bertz CT molecular complexity index is 1270. The van der Waals surface area contributed by atoms with Gasteiger partial charge in [-0.1, -0.05) is 70.0 Å². The van der Waals surface area contributed by atoms with Gasteiger partial charge in [0, 0.05) is 12.0 Å². The van der Waals surface area contributed by atoms with Gasteiger partial charge in [0.25, 0.3) is 5.82 Å². The van der Waals surface area contributed by atoms with Crippen LogP contribution in [0.3, 0.4) is 0 Å². The molecular weight excluding hydrogens is 690 g/mol. The Labute approximate surface area is 268 Å². The number of alkyl halides is 13. The van der Waals surface area contributed by atoms with Gasteiger partial charge in [0.1, 0.15) is 24.8 Å². The average Bonchev–Trinajstić information content (AvgIpc) is 3.35. The summed E-state index contributed by atoms with van der Waals surface area (Å²) in [7, 11) is 0. The maximum absolute atomic E-state index is 14.3. The predicted octanol–water partition coefficient (Wildman–Crippen LogP) is 11.4. The second kappa shape index (κ2) is 15.5. The van der Waals surface area contributed by atoms with E-state index in [0.29, 0.717) is 30.0 Å². The summed E-state index contributed by atoms with van der Waals surface area (Å²) in [6, 6.07) is 4.48. The average molecular weight is 726 g/mol. The highest BCUT2D eigenvalue weighted by Gasteiger charge is 2.90. The summed E-state index contributed by atoms with van der Waals surface area (Å²) in [5.41, 5.74) is 0.379. The molecule has 0 bridgehead atoms. The first-order valence-corrected chi connectivity index (χ1v) is 15.3. The zero-order chi connectivity index (χ0) is 36.1. The molecule has 0 aliphatic rings. The third-order valence-corrected chi connectivity index (χ3v) is 8.16. The molecule has 2 rings (SSSR count). The normalized spacial score (nSPS) is 14.0. The number of aryl methyl sites for hydroxylation is 1. The second-order valence-electron chi connectivity index (χ2n) is 11.8. The zero-order valence-corrected chi connectivity index (χ0v) is 26.3. The van der Waals surface area contributed by atoms with Crippen LogP contribution in [0.5, 0.6) is 0 Å². The first-order chi connectivity index (χ1) is 21.4. The molecule has 0 saturated carbocycles. The summed E-state index contributed by atoms with van der Waals surface area (Å²) in [6.45, 7) is 4.95. The van der Waals surface area contributed by atoms with E-state index in [1.165, 1.54) is 12.1 Å². The lowest BCUT2D eigenvalue weighted by atomic mass is 9.91. The van der Waals surface area contributed by atoms with Crippen LogP contribution in [0.1, 0.15) is 95.4 Å². The van der Waals surface area contributed by atoms with E-state index in [9.17, 15) is 61.5 Å². The number of hydrogen-bond acceptors (Lipinski definition) is 0. The van der Waals surface area contributed by atoms with Gasteiger partial charge in [-0.05, 0) is 31.4 Å². The number of unbranched alkanes of at least 4 members (excludes halogenated alkanes) is 8. The second-order valence-corrected chi connectivity index (χ2v) is 12.2. The number of rotatable bonds is 19. The maximum Gasteiger partial charge on any atom is 0.460 e. The summed E-state index contributed by atoms with van der Waals surface area (Å²) in [5.74, 6) is -35.8. The zero-order valence-electron chi connectivity index (χ0n) is 25.5. The van der Waals surface area contributed by atoms with Gasteiger partial charge in [0.15, 0.2) is 0 Å². The fraction of sp³-hybridized carbons (Fsp3) is 0.700. The molecule has 0 atom stereocenters. The highest BCUT2D eigenvalue weighted by Crippen LogP contribution is 2.60. The number of hydrogen-bond donors (Lipinski definition) is 0. The van der Waals surface area contributed by atoms with Gasteiger partial charge < -0.3 is 0 Å². The maximum atomic E-state index is 14.3. The van der Waals surface area contributed by atoms with Gasteiger partial charge in [-0.25, -0.2) is 13.5 Å². The minimum atomic E-state index is -7.86. The van der Waals surface area contributed by atoms with Crippen molar-refractivity contribution in [3.8, 4) is 0 Å². The third kappa shape index (κ3) is 8.86. The smallest absolute Gasteiger partial charge is 0.234 e. The first-order valence-electron chi connectivity index (χ1n) is 14.9. The van der Waals surface area contributed by atoms with Crippen LogP contribution in [0.4, 0.5) is 61.5 Å². The molecule has 0 saturated heterocycles. The van der Waals surface area contributed by atoms with Crippen molar-refractivity contribution in [1.29, 1.82) is 0 Å². The summed E-state index contributed by atoms with van der Waals surface area (Å²) >= 11 is 6.17. The molecule has 0 radical (unpaired) electrons. The lowest BCUT2D eigenvalue weighted by Crippen LogP contribution is -2.70. The molecule has 0 N–H and O–H groups in total. The minimum absolute atomic E-state index is 0.123. The van der Waals surface area contributed by atoms with E-state index in [1.54, 1.807) is 6.07 Å². The quantitative estimate of drug-likeness (QED) is 0.0775. The van der Waals surface area contributed by atoms with E-state index in [4.69, 9.17) is 11.6 Å². The van der Waals surface area contributed by atoms with Gasteiger partial charge in [-0.2, -0.15) is 57.1 Å². The van der Waals surface area contributed by atoms with Crippen molar-refractivity contribution in [1.82, 2.24) is 4.57 Å². The highest BCUT2D eigenvalue weighted by atomic mass is 35.5. The molecule has 2 nitrogen and oxygen atoms in total. The molecule has 0 amide bonds. The molecule has 0 aliphatic heterocycles. The van der Waals surface area contributed by atoms with Crippen LogP contribution in [-0.4, -0.2) is 40.4 Å². The number of imidazole rings is 1. The van der Waals surface area contributed by atoms with E-state index in [2.05, 4.69) is 4.57 Å². The predicted molar refractivity (Wildman–Crippen MR) is 146 cm³/mol. The van der Waals surface area contributed by atoms with Crippen molar-refractivity contribution < 1.29 is 66.0 Å². The van der Waals surface area contributed by atoms with Crippen molar-refractivity contribution in [2.45, 2.75) is 133 Å². The molecule has 47 heavy (non-hydrogen) atoms. The van der Waals surface area contributed by atoms with Gasteiger partial charge >= 0.3 is 35.8 Å². The Morgan fingerprint density at radius 1 is 0.681 bits per heavy atom. The van der Waals surface area contributed by atoms with E-state index >= 15 is 0 Å². The number of benzene rings is 1. The van der Waals surface area contributed by atoms with Gasteiger partial charge in [-0.3, -0.25) is 0 Å². The molecular formula is C30H36ClF14N2+. The van der Waals surface area contributed by atoms with E-state index in [0.717, 1.165) is 31.5 Å². The Balaban J connectivity index is 1.75. The molecule has 2 aromatic rings. The van der Waals surface area contributed by atoms with Gasteiger partial charge in [0.05, 0.1) is 17.5 Å². The van der Waals surface area contributed by atoms with Crippen LogP contribution in [0.15, 0.2) is 30.6 Å². The molecule has 1 heterocycles. The fourth-order valence-corrected chi connectivity index (χ4v) is 5.37. The molecule has 0 aliphatic carbocycles. The molecule has 0 spiro atoms. The van der Waals surface area contributed by atoms with Crippen LogP contribution >= 0.6 is 11.6 Å². The van der Waals surface area contributed by atoms with E-state index in [1.807, 2.05) is 30.8 Å². The van der Waals surface area contributed by atoms with E-state index in [-0.39, 0.29) is 25.3 Å². The minimum Gasteiger partial charge on any atom is -0.234 e. The molecule has 0 unspecified atom stereocenters. The summed E-state index contributed by atoms with van der Waals surface area (Å²) in [5, 5.41) is 0.324. The molecule has 17 heteroatoms. The van der Waals surface area contributed by atoms with Gasteiger partial charge in [0.2, 0.25) is 0 Å². The summed E-state index contributed by atoms with van der Waals surface area (Å²) in [6.07, 6.45) is -2.56. The van der Waals surface area contributed by atoms with Crippen LogP contribution in [-0.2, 0) is 13.1 Å². The van der Waals surface area contributed by atoms with Crippen LogP contribution < -0.4 is 4.57 Å². The standard InChI is InChI=1S/C30H36ClF14N2/c1-20(2)24-46(17-18-47(24)19-21-22(31)13-12-14-23(21)32)16-11-9-7-5-3-4-6-8-10-15-25(33,34)26(35,36)27(37,38)28(39,40)29(41,42)30(43,44)45/h12-14,17-18,20H,3-11,15-16,19H2,1-2H3/q+1. The molecule has 1 aromatic heterocycles. The van der Waals surface area contributed by atoms with Crippen molar-refractivity contribution in [2.24, 2.45) is 0 Å². The van der Waals surface area contributed by atoms with E-state index < -0.39 is 54.4 Å². The van der Waals surface area contributed by atoms with Crippen molar-refractivity contribution in [3.05, 3.63) is 52.8 Å². The topological polar surface area (TPSA) is 8.81 Å². The molecule has 0 fully saturated rings. The SMILES string of the molecule is CC(C)c1n(CCCCCCCCCCCC(F)(F)C(F)(F)C(F)(F)C(F)(F)C(F)(F)C(F)(F)F)cc[n+]1Cc1c(F)cccc1Cl. The molecule has 1 aromatic carbocycles. The van der Waals surface area contributed by atoms with Gasteiger partial charge in [-0.15, -0.1) is 0 Å². The Hall–Kier alpha value is -2.26. The number of aromatic nitrogens is 2. The Kier molecular flexibility index (Phi) is 13.5. The van der Waals surface area contributed by atoms with Crippen molar-refractivity contribution >= 4 is 11.6 Å². The van der Waals surface area contributed by atoms with Crippen LogP contribution in [0, 0.1) is 5.82 Å². The molecule has 270 valence electrons. The van der Waals surface area contributed by atoms with Crippen LogP contribution in [0.2, 0.25) is 5.02 Å². The van der Waals surface area contributed by atoms with Crippen LogP contribution in [0.25, 0.3) is 0 Å². The first kappa shape index (κ1) is 40.9.